The van der Waals surface area contributed by atoms with Gasteiger partial charge in [-0.2, -0.15) is 0 Å². The van der Waals surface area contributed by atoms with Gasteiger partial charge in [0, 0.05) is 19.3 Å². The molecule has 0 saturated carbocycles. The Morgan fingerprint density at radius 3 is 0.794 bits per heavy atom. The minimum absolute atomic E-state index is 0.0644. The fourth-order valence-electron chi connectivity index (χ4n) is 8.50. The first-order valence-electron chi connectivity index (χ1n) is 28.2. The molecule has 1 atom stereocenters. The Kier molecular flexibility index (Phi) is 51.2. The molecule has 0 aromatic rings. The van der Waals surface area contributed by atoms with Crippen molar-refractivity contribution in [2.75, 3.05) is 13.2 Å². The standard InChI is InChI=1S/C57H108O6/c1-4-7-10-13-16-19-22-24-25-26-27-28-29-30-31-33-36-39-42-45-48-51-57(60)63-54(52-61-55(58)49-46-43-40-37-34-21-18-15-12-9-6-3)53-62-56(59)50-47-44-41-38-35-32-23-20-17-14-11-8-5-2/h24-25,54H,4-23,26-53H2,1-3H3/b25-24-/t54-/m0/s1. The second-order valence-electron chi connectivity index (χ2n) is 19.2. The molecular weight excluding hydrogens is 781 g/mol. The molecule has 0 unspecified atom stereocenters. The summed E-state index contributed by atoms with van der Waals surface area (Å²) in [6.07, 6.45) is 59.2. The molecule has 0 rings (SSSR count). The van der Waals surface area contributed by atoms with Gasteiger partial charge in [0.2, 0.25) is 0 Å². The van der Waals surface area contributed by atoms with Gasteiger partial charge in [-0.05, 0) is 44.9 Å². The van der Waals surface area contributed by atoms with Crippen molar-refractivity contribution in [1.29, 1.82) is 0 Å². The lowest BCUT2D eigenvalue weighted by atomic mass is 10.0. The van der Waals surface area contributed by atoms with Gasteiger partial charge in [0.1, 0.15) is 13.2 Å². The summed E-state index contributed by atoms with van der Waals surface area (Å²) >= 11 is 0. The maximum Gasteiger partial charge on any atom is 0.306 e. The van der Waals surface area contributed by atoms with Gasteiger partial charge in [-0.1, -0.05) is 264 Å². The highest BCUT2D eigenvalue weighted by Crippen LogP contribution is 2.17. The van der Waals surface area contributed by atoms with E-state index in [4.69, 9.17) is 14.2 Å². The number of carbonyl (C=O) groups is 3. The summed E-state index contributed by atoms with van der Waals surface area (Å²) in [6.45, 7) is 6.67. The molecule has 0 amide bonds. The maximum atomic E-state index is 12.8. The predicted molar refractivity (Wildman–Crippen MR) is 270 cm³/mol. The average molecular weight is 889 g/mol. The first-order valence-corrected chi connectivity index (χ1v) is 28.2. The van der Waals surface area contributed by atoms with Crippen LogP contribution in [0.3, 0.4) is 0 Å². The van der Waals surface area contributed by atoms with Crippen LogP contribution in [0, 0.1) is 0 Å². The van der Waals surface area contributed by atoms with E-state index < -0.39 is 6.10 Å². The van der Waals surface area contributed by atoms with E-state index in [1.807, 2.05) is 0 Å². The summed E-state index contributed by atoms with van der Waals surface area (Å²) < 4.78 is 16.8. The van der Waals surface area contributed by atoms with E-state index in [0.717, 1.165) is 57.8 Å². The Balaban J connectivity index is 4.25. The van der Waals surface area contributed by atoms with Gasteiger partial charge in [-0.15, -0.1) is 0 Å². The van der Waals surface area contributed by atoms with Gasteiger partial charge in [0.15, 0.2) is 6.10 Å². The number of allylic oxidation sites excluding steroid dienone is 2. The highest BCUT2D eigenvalue weighted by atomic mass is 16.6. The van der Waals surface area contributed by atoms with Crippen LogP contribution in [-0.4, -0.2) is 37.2 Å². The van der Waals surface area contributed by atoms with Crippen LogP contribution in [0.25, 0.3) is 0 Å². The fraction of sp³-hybridized carbons (Fsp3) is 0.912. The van der Waals surface area contributed by atoms with Gasteiger partial charge in [0.05, 0.1) is 0 Å². The summed E-state index contributed by atoms with van der Waals surface area (Å²) in [6, 6.07) is 0. The largest absolute Gasteiger partial charge is 0.462 e. The van der Waals surface area contributed by atoms with Crippen molar-refractivity contribution in [3.63, 3.8) is 0 Å². The van der Waals surface area contributed by atoms with E-state index >= 15 is 0 Å². The summed E-state index contributed by atoms with van der Waals surface area (Å²) in [7, 11) is 0. The molecule has 0 fully saturated rings. The molecule has 0 saturated heterocycles. The van der Waals surface area contributed by atoms with Crippen molar-refractivity contribution in [3.8, 4) is 0 Å². The molecule has 0 aliphatic rings. The Labute approximate surface area is 392 Å². The van der Waals surface area contributed by atoms with Crippen molar-refractivity contribution in [2.45, 2.75) is 322 Å². The third-order valence-electron chi connectivity index (χ3n) is 12.8. The average Bonchev–Trinajstić information content (AvgIpc) is 3.28. The third kappa shape index (κ3) is 51.0. The van der Waals surface area contributed by atoms with E-state index in [2.05, 4.69) is 32.9 Å². The molecule has 0 aromatic heterocycles. The van der Waals surface area contributed by atoms with E-state index in [9.17, 15) is 14.4 Å². The van der Waals surface area contributed by atoms with Crippen LogP contribution in [0.2, 0.25) is 0 Å². The number of hydrogen-bond acceptors (Lipinski definition) is 6. The smallest absolute Gasteiger partial charge is 0.306 e. The Hall–Kier alpha value is -1.85. The third-order valence-corrected chi connectivity index (χ3v) is 12.8. The molecule has 0 aliphatic heterocycles. The van der Waals surface area contributed by atoms with Crippen LogP contribution in [0.15, 0.2) is 12.2 Å². The van der Waals surface area contributed by atoms with Crippen LogP contribution in [-0.2, 0) is 28.6 Å². The normalized spacial score (nSPS) is 12.0. The van der Waals surface area contributed by atoms with Crippen LogP contribution in [0.4, 0.5) is 0 Å². The van der Waals surface area contributed by atoms with Crippen molar-refractivity contribution >= 4 is 17.9 Å². The van der Waals surface area contributed by atoms with Gasteiger partial charge < -0.3 is 14.2 Å². The van der Waals surface area contributed by atoms with Gasteiger partial charge in [-0.3, -0.25) is 14.4 Å². The molecule has 0 heterocycles. The summed E-state index contributed by atoms with van der Waals surface area (Å²) in [4.78, 5) is 38.0. The molecule has 372 valence electrons. The van der Waals surface area contributed by atoms with Crippen molar-refractivity contribution in [1.82, 2.24) is 0 Å². The Bertz CT molecular complexity index is 978. The number of ether oxygens (including phenoxy) is 3. The molecule has 6 nitrogen and oxygen atoms in total. The van der Waals surface area contributed by atoms with Gasteiger partial charge in [-0.25, -0.2) is 0 Å². The predicted octanol–water partition coefficient (Wildman–Crippen LogP) is 18.5. The first-order chi connectivity index (χ1) is 31.0. The molecular formula is C57H108O6. The SMILES string of the molecule is CCCCCCCC/C=C\CCCCCCCCCCCCCC(=O)O[C@@H](COC(=O)CCCCCCCCCCCCC)COC(=O)CCCCCCCCCCCCCCC. The summed E-state index contributed by atoms with van der Waals surface area (Å²) in [5.74, 6) is -0.845. The molecule has 0 bridgehead atoms. The number of unbranched alkanes of at least 4 members (excludes halogenated alkanes) is 39. The monoisotopic (exact) mass is 889 g/mol. The summed E-state index contributed by atoms with van der Waals surface area (Å²) in [5, 5.41) is 0. The molecule has 0 N–H and O–H groups in total. The van der Waals surface area contributed by atoms with Crippen LogP contribution >= 0.6 is 0 Å². The van der Waals surface area contributed by atoms with E-state index in [1.54, 1.807) is 0 Å². The van der Waals surface area contributed by atoms with Gasteiger partial charge in [0.25, 0.3) is 0 Å². The number of carbonyl (C=O) groups excluding carboxylic acids is 3. The second-order valence-corrected chi connectivity index (χ2v) is 19.2. The number of rotatable bonds is 52. The number of esters is 3. The van der Waals surface area contributed by atoms with Crippen molar-refractivity contribution in [2.24, 2.45) is 0 Å². The molecule has 0 aromatic carbocycles. The van der Waals surface area contributed by atoms with E-state index in [-0.39, 0.29) is 31.1 Å². The molecule has 0 spiro atoms. The van der Waals surface area contributed by atoms with Crippen molar-refractivity contribution < 1.29 is 28.6 Å². The molecule has 6 heteroatoms. The highest BCUT2D eigenvalue weighted by Gasteiger charge is 2.19. The quantitative estimate of drug-likeness (QED) is 0.0262. The first kappa shape index (κ1) is 61.1. The minimum atomic E-state index is -0.763. The van der Waals surface area contributed by atoms with E-state index in [1.165, 1.54) is 218 Å². The van der Waals surface area contributed by atoms with Crippen molar-refractivity contribution in [3.05, 3.63) is 12.2 Å². The minimum Gasteiger partial charge on any atom is -0.462 e. The zero-order valence-corrected chi connectivity index (χ0v) is 42.6. The topological polar surface area (TPSA) is 78.9 Å². The lowest BCUT2D eigenvalue weighted by molar-refractivity contribution is -0.167. The van der Waals surface area contributed by atoms with Gasteiger partial charge >= 0.3 is 17.9 Å². The lowest BCUT2D eigenvalue weighted by Crippen LogP contribution is -2.30. The van der Waals surface area contributed by atoms with E-state index in [0.29, 0.717) is 19.3 Å². The lowest BCUT2D eigenvalue weighted by Gasteiger charge is -2.18. The van der Waals surface area contributed by atoms with Crippen LogP contribution in [0.1, 0.15) is 316 Å². The highest BCUT2D eigenvalue weighted by molar-refractivity contribution is 5.71. The summed E-state index contributed by atoms with van der Waals surface area (Å²) in [5.41, 5.74) is 0. The van der Waals surface area contributed by atoms with Crippen LogP contribution in [0.5, 0.6) is 0 Å². The number of hydrogen-bond donors (Lipinski definition) is 0. The molecule has 0 aliphatic carbocycles. The zero-order chi connectivity index (χ0) is 45.8. The Morgan fingerprint density at radius 2 is 0.524 bits per heavy atom. The fourth-order valence-corrected chi connectivity index (χ4v) is 8.50. The maximum absolute atomic E-state index is 12.8. The zero-order valence-electron chi connectivity index (χ0n) is 42.6. The van der Waals surface area contributed by atoms with Crippen LogP contribution < -0.4 is 0 Å². The molecule has 0 radical (unpaired) electrons. The second kappa shape index (κ2) is 52.8. The Morgan fingerprint density at radius 1 is 0.302 bits per heavy atom. The molecule has 63 heavy (non-hydrogen) atoms.